The van der Waals surface area contributed by atoms with E-state index in [1.165, 1.54) is 0 Å². The summed E-state index contributed by atoms with van der Waals surface area (Å²) in [6.45, 7) is 3.09. The molecule has 0 unspecified atom stereocenters. The topological polar surface area (TPSA) is 40.2 Å². The molecule has 1 aliphatic heterocycles. The molecule has 0 saturated heterocycles. The van der Waals surface area contributed by atoms with Crippen LogP contribution in [0.25, 0.3) is 17.2 Å². The highest BCUT2D eigenvalue weighted by molar-refractivity contribution is 5.70. The summed E-state index contributed by atoms with van der Waals surface area (Å²) in [5.41, 5.74) is 4.44. The van der Waals surface area contributed by atoms with Gasteiger partial charge in [-0.05, 0) is 53.1 Å². The molecule has 5 nitrogen and oxygen atoms in total. The van der Waals surface area contributed by atoms with Crippen molar-refractivity contribution < 1.29 is 18.9 Å². The van der Waals surface area contributed by atoms with E-state index in [0.29, 0.717) is 6.61 Å². The summed E-state index contributed by atoms with van der Waals surface area (Å²) in [4.78, 5) is 2.38. The third-order valence-electron chi connectivity index (χ3n) is 5.59. The minimum atomic E-state index is 0.623. The fourth-order valence-electron chi connectivity index (χ4n) is 3.87. The molecule has 32 heavy (non-hydrogen) atoms. The van der Waals surface area contributed by atoms with Crippen molar-refractivity contribution in [2.75, 3.05) is 41.0 Å². The molecule has 0 fully saturated rings. The summed E-state index contributed by atoms with van der Waals surface area (Å²) in [5.74, 6) is 3.29. The van der Waals surface area contributed by atoms with Crippen LogP contribution in [0, 0.1) is 0 Å². The molecule has 0 amide bonds. The van der Waals surface area contributed by atoms with E-state index in [0.717, 1.165) is 64.9 Å². The van der Waals surface area contributed by atoms with E-state index in [2.05, 4.69) is 41.3 Å². The maximum absolute atomic E-state index is 6.10. The summed E-state index contributed by atoms with van der Waals surface area (Å²) in [5, 5.41) is 0. The van der Waals surface area contributed by atoms with Crippen molar-refractivity contribution >= 4 is 6.08 Å². The fourth-order valence-corrected chi connectivity index (χ4v) is 3.87. The molecule has 166 valence electrons. The molecular weight excluding hydrogens is 402 g/mol. The molecule has 0 aromatic heterocycles. The van der Waals surface area contributed by atoms with Crippen LogP contribution in [0.3, 0.4) is 0 Å². The summed E-state index contributed by atoms with van der Waals surface area (Å²) in [7, 11) is 5.05. The van der Waals surface area contributed by atoms with Gasteiger partial charge >= 0.3 is 0 Å². The summed E-state index contributed by atoms with van der Waals surface area (Å²) in [6.07, 6.45) is 4.33. The van der Waals surface area contributed by atoms with Crippen molar-refractivity contribution in [1.82, 2.24) is 4.90 Å². The van der Waals surface area contributed by atoms with Crippen molar-refractivity contribution in [3.63, 3.8) is 0 Å². The average molecular weight is 432 g/mol. The minimum absolute atomic E-state index is 0.623. The number of nitrogens with zero attached hydrogens (tertiary/aromatic N) is 1. The van der Waals surface area contributed by atoms with E-state index in [4.69, 9.17) is 18.9 Å². The molecule has 4 rings (SSSR count). The second-order valence-corrected chi connectivity index (χ2v) is 7.66. The molecule has 0 bridgehead atoms. The predicted molar refractivity (Wildman–Crippen MR) is 128 cm³/mol. The number of hydrogen-bond acceptors (Lipinski definition) is 5. The number of benzene rings is 3. The Hall–Kier alpha value is -3.44. The Labute approximate surface area is 189 Å². The first-order valence-corrected chi connectivity index (χ1v) is 10.7. The lowest BCUT2D eigenvalue weighted by molar-refractivity contribution is 0.238. The van der Waals surface area contributed by atoms with Crippen LogP contribution in [0.4, 0.5) is 0 Å². The van der Waals surface area contributed by atoms with Crippen molar-refractivity contribution in [3.05, 3.63) is 77.9 Å². The van der Waals surface area contributed by atoms with E-state index >= 15 is 0 Å². The fraction of sp³-hybridized carbons (Fsp3) is 0.259. The van der Waals surface area contributed by atoms with Crippen LogP contribution in [0.1, 0.15) is 11.1 Å². The maximum atomic E-state index is 6.10. The highest BCUT2D eigenvalue weighted by Crippen LogP contribution is 2.38. The lowest BCUT2D eigenvalue weighted by Crippen LogP contribution is -2.25. The van der Waals surface area contributed by atoms with Gasteiger partial charge in [-0.25, -0.2) is 0 Å². The van der Waals surface area contributed by atoms with Crippen LogP contribution >= 0.6 is 0 Å². The largest absolute Gasteiger partial charge is 0.497 e. The highest BCUT2D eigenvalue weighted by Gasteiger charge is 2.20. The van der Waals surface area contributed by atoms with Crippen LogP contribution in [0.15, 0.2) is 66.7 Å². The Balaban J connectivity index is 1.54. The van der Waals surface area contributed by atoms with Gasteiger partial charge in [0.1, 0.15) is 18.1 Å². The van der Waals surface area contributed by atoms with E-state index in [1.807, 2.05) is 36.4 Å². The van der Waals surface area contributed by atoms with E-state index in [9.17, 15) is 0 Å². The van der Waals surface area contributed by atoms with Crippen LogP contribution in [0.2, 0.25) is 0 Å². The summed E-state index contributed by atoms with van der Waals surface area (Å²) >= 11 is 0. The van der Waals surface area contributed by atoms with Crippen LogP contribution < -0.4 is 18.9 Å². The van der Waals surface area contributed by atoms with Gasteiger partial charge in [0.2, 0.25) is 0 Å². The molecule has 1 aliphatic rings. The average Bonchev–Trinajstić information content (AvgIpc) is 3.05. The monoisotopic (exact) mass is 431 g/mol. The Morgan fingerprint density at radius 3 is 2.44 bits per heavy atom. The van der Waals surface area contributed by atoms with E-state index < -0.39 is 0 Å². The first kappa shape index (κ1) is 21.8. The first-order chi connectivity index (χ1) is 15.7. The van der Waals surface area contributed by atoms with Crippen molar-refractivity contribution in [2.24, 2.45) is 0 Å². The molecule has 0 saturated carbocycles. The van der Waals surface area contributed by atoms with E-state index in [-0.39, 0.29) is 0 Å². The third-order valence-corrected chi connectivity index (χ3v) is 5.59. The van der Waals surface area contributed by atoms with Gasteiger partial charge in [-0.15, -0.1) is 0 Å². The molecule has 1 heterocycles. The highest BCUT2D eigenvalue weighted by atomic mass is 16.5. The smallest absolute Gasteiger partial charge is 0.165 e. The van der Waals surface area contributed by atoms with Gasteiger partial charge < -0.3 is 18.9 Å². The SMILES string of the molecule is COc1ccc(/C=C/CN2CCOc3c(cc(-c4cccc(OC)c4)cc3OC)C2)cc1. The van der Waals surface area contributed by atoms with E-state index in [1.54, 1.807) is 21.3 Å². The van der Waals surface area contributed by atoms with Crippen molar-refractivity contribution in [1.29, 1.82) is 0 Å². The van der Waals surface area contributed by atoms with Crippen LogP contribution in [0.5, 0.6) is 23.0 Å². The zero-order valence-corrected chi connectivity index (χ0v) is 18.8. The Morgan fingerprint density at radius 2 is 1.69 bits per heavy atom. The molecule has 0 aliphatic carbocycles. The normalized spacial score (nSPS) is 13.8. The van der Waals surface area contributed by atoms with Gasteiger partial charge in [-0.1, -0.05) is 36.4 Å². The molecule has 5 heteroatoms. The van der Waals surface area contributed by atoms with Gasteiger partial charge in [-0.2, -0.15) is 0 Å². The van der Waals surface area contributed by atoms with Crippen molar-refractivity contribution in [3.8, 4) is 34.1 Å². The number of ether oxygens (including phenoxy) is 4. The minimum Gasteiger partial charge on any atom is -0.497 e. The third kappa shape index (κ3) is 5.06. The quantitative estimate of drug-likeness (QED) is 0.509. The summed E-state index contributed by atoms with van der Waals surface area (Å²) in [6, 6.07) is 20.4. The Kier molecular flexibility index (Phi) is 6.97. The Morgan fingerprint density at radius 1 is 0.875 bits per heavy atom. The van der Waals surface area contributed by atoms with Gasteiger partial charge in [0, 0.05) is 25.2 Å². The number of fused-ring (bicyclic) bond motifs is 1. The summed E-state index contributed by atoms with van der Waals surface area (Å²) < 4.78 is 22.4. The number of methoxy groups -OCH3 is 3. The van der Waals surface area contributed by atoms with Crippen LogP contribution in [-0.4, -0.2) is 45.9 Å². The first-order valence-electron chi connectivity index (χ1n) is 10.7. The molecule has 3 aromatic carbocycles. The van der Waals surface area contributed by atoms with Gasteiger partial charge in [0.25, 0.3) is 0 Å². The second kappa shape index (κ2) is 10.2. The number of hydrogen-bond donors (Lipinski definition) is 0. The Bertz CT molecular complexity index is 1080. The lowest BCUT2D eigenvalue weighted by Gasteiger charge is -2.18. The van der Waals surface area contributed by atoms with Gasteiger partial charge in [0.15, 0.2) is 11.5 Å². The van der Waals surface area contributed by atoms with Gasteiger partial charge in [0.05, 0.1) is 21.3 Å². The van der Waals surface area contributed by atoms with Crippen molar-refractivity contribution in [2.45, 2.75) is 6.54 Å². The second-order valence-electron chi connectivity index (χ2n) is 7.66. The molecular formula is C27H29NO4. The molecule has 0 radical (unpaired) electrons. The number of rotatable bonds is 7. The molecule has 3 aromatic rings. The molecule has 0 spiro atoms. The molecule has 0 atom stereocenters. The standard InChI is InChI=1S/C27H29NO4/c1-29-24-11-9-20(10-12-24)6-5-13-28-14-15-32-27-23(19-28)16-22(18-26(27)31-3)21-7-4-8-25(17-21)30-2/h4-12,16-18H,13-15,19H2,1-3H3/b6-5+. The maximum Gasteiger partial charge on any atom is 0.165 e. The zero-order valence-electron chi connectivity index (χ0n) is 18.8. The lowest BCUT2D eigenvalue weighted by atomic mass is 10.0. The van der Waals surface area contributed by atoms with Crippen LogP contribution in [-0.2, 0) is 6.54 Å². The predicted octanol–water partition coefficient (Wildman–Crippen LogP) is 5.29. The molecule has 0 N–H and O–H groups in total. The van der Waals surface area contributed by atoms with Gasteiger partial charge in [-0.3, -0.25) is 4.90 Å². The zero-order chi connectivity index (χ0) is 22.3.